The largest absolute Gasteiger partial charge is 0.292 e. The molecule has 0 unspecified atom stereocenters. The quantitative estimate of drug-likeness (QED) is 0.595. The Morgan fingerprint density at radius 3 is 2.31 bits per heavy atom. The van der Waals surface area contributed by atoms with E-state index < -0.39 is 23.7 Å². The fraction of sp³-hybridized carbons (Fsp3) is 0.348. The molecule has 0 spiro atoms. The molecule has 6 heteroatoms. The number of hydrogen-bond donors (Lipinski definition) is 0. The molecule has 0 N–H and O–H groups in total. The summed E-state index contributed by atoms with van der Waals surface area (Å²) in [5.74, 6) is -2.33. The first-order chi connectivity index (χ1) is 14.0. The number of rotatable bonds is 3. The van der Waals surface area contributed by atoms with Crippen molar-refractivity contribution in [2.45, 2.75) is 31.8 Å². The number of anilines is 1. The van der Waals surface area contributed by atoms with E-state index in [9.17, 15) is 18.8 Å². The van der Waals surface area contributed by atoms with Gasteiger partial charge in [0.15, 0.2) is 5.78 Å². The molecule has 0 radical (unpaired) electrons. The lowest BCUT2D eigenvalue weighted by atomic mass is 9.85. The summed E-state index contributed by atoms with van der Waals surface area (Å²) in [6.45, 7) is 2.64. The summed E-state index contributed by atoms with van der Waals surface area (Å²) in [5, 5.41) is 0. The van der Waals surface area contributed by atoms with Crippen molar-refractivity contribution in [3.63, 3.8) is 0 Å². The first-order valence-electron chi connectivity index (χ1n) is 9.97. The summed E-state index contributed by atoms with van der Waals surface area (Å²) < 4.78 is 13.3. The van der Waals surface area contributed by atoms with Crippen molar-refractivity contribution in [1.29, 1.82) is 0 Å². The van der Waals surface area contributed by atoms with Gasteiger partial charge in [0.2, 0.25) is 11.8 Å². The van der Waals surface area contributed by atoms with Crippen molar-refractivity contribution in [3.8, 4) is 0 Å². The summed E-state index contributed by atoms with van der Waals surface area (Å²) in [5.41, 5.74) is 1.97. The van der Waals surface area contributed by atoms with Gasteiger partial charge in [-0.1, -0.05) is 17.7 Å². The smallest absolute Gasteiger partial charge is 0.239 e. The number of ketones is 1. The second kappa shape index (κ2) is 6.59. The number of halogens is 1. The molecule has 5 rings (SSSR count). The molecule has 4 atom stereocenters. The van der Waals surface area contributed by atoms with Crippen molar-refractivity contribution in [2.75, 3.05) is 11.4 Å². The fourth-order valence-corrected chi connectivity index (χ4v) is 5.25. The number of hydrogen-bond acceptors (Lipinski definition) is 4. The minimum absolute atomic E-state index is 0.0960. The molecule has 3 aliphatic rings. The molecular weight excluding hydrogens is 371 g/mol. The molecule has 3 aliphatic heterocycles. The third-order valence-corrected chi connectivity index (χ3v) is 6.54. The Hall–Kier alpha value is -2.86. The average molecular weight is 392 g/mol. The Morgan fingerprint density at radius 1 is 0.966 bits per heavy atom. The van der Waals surface area contributed by atoms with Crippen LogP contribution in [0.15, 0.2) is 48.5 Å². The van der Waals surface area contributed by atoms with Crippen LogP contribution in [-0.2, 0) is 9.59 Å². The van der Waals surface area contributed by atoms with Crippen molar-refractivity contribution in [3.05, 3.63) is 65.5 Å². The number of carbonyl (C=O) groups excluding carboxylic acids is 3. The molecule has 3 fully saturated rings. The highest BCUT2D eigenvalue weighted by atomic mass is 19.1. The summed E-state index contributed by atoms with van der Waals surface area (Å²) in [4.78, 5) is 43.3. The van der Waals surface area contributed by atoms with E-state index in [1.54, 1.807) is 12.1 Å². The van der Waals surface area contributed by atoms with Gasteiger partial charge in [-0.25, -0.2) is 9.29 Å². The van der Waals surface area contributed by atoms with Crippen LogP contribution >= 0.6 is 0 Å². The summed E-state index contributed by atoms with van der Waals surface area (Å²) in [6.07, 6.45) is 1.70. The Bertz CT molecular complexity index is 1000. The second-order valence-electron chi connectivity index (χ2n) is 8.16. The second-order valence-corrected chi connectivity index (χ2v) is 8.16. The van der Waals surface area contributed by atoms with Crippen LogP contribution in [0.25, 0.3) is 0 Å². The Kier molecular flexibility index (Phi) is 4.13. The van der Waals surface area contributed by atoms with Gasteiger partial charge in [-0.15, -0.1) is 0 Å². The average Bonchev–Trinajstić information content (AvgIpc) is 3.35. The van der Waals surface area contributed by atoms with E-state index in [2.05, 4.69) is 0 Å². The fourth-order valence-electron chi connectivity index (χ4n) is 5.25. The Balaban J connectivity index is 1.54. The van der Waals surface area contributed by atoms with Gasteiger partial charge in [-0.05, 0) is 62.7 Å². The highest BCUT2D eigenvalue weighted by Gasteiger charge is 2.64. The maximum absolute atomic E-state index is 13.4. The number of nitrogens with zero attached hydrogens (tertiary/aromatic N) is 2. The van der Waals surface area contributed by atoms with Crippen molar-refractivity contribution in [2.24, 2.45) is 11.8 Å². The SMILES string of the molecule is Cc1ccc(N2C(=O)[C@@H]3[C@@H](C2=O)[C@@H]2CCCN2[C@@H]3C(=O)c2ccc(F)cc2)cc1. The van der Waals surface area contributed by atoms with Crippen LogP contribution in [0, 0.1) is 24.6 Å². The van der Waals surface area contributed by atoms with E-state index in [0.29, 0.717) is 17.8 Å². The molecule has 0 aromatic heterocycles. The number of amides is 2. The van der Waals surface area contributed by atoms with Crippen LogP contribution in [0.4, 0.5) is 10.1 Å². The molecule has 148 valence electrons. The molecule has 0 aliphatic carbocycles. The van der Waals surface area contributed by atoms with Crippen LogP contribution in [-0.4, -0.2) is 41.1 Å². The van der Waals surface area contributed by atoms with Gasteiger partial charge in [-0.3, -0.25) is 19.3 Å². The summed E-state index contributed by atoms with van der Waals surface area (Å²) >= 11 is 0. The van der Waals surface area contributed by atoms with Crippen molar-refractivity contribution in [1.82, 2.24) is 4.90 Å². The van der Waals surface area contributed by atoms with Gasteiger partial charge < -0.3 is 0 Å². The highest BCUT2D eigenvalue weighted by molar-refractivity contribution is 6.24. The first-order valence-corrected chi connectivity index (χ1v) is 9.97. The first kappa shape index (κ1) is 18.2. The molecule has 29 heavy (non-hydrogen) atoms. The van der Waals surface area contributed by atoms with Gasteiger partial charge >= 0.3 is 0 Å². The molecule has 5 nitrogen and oxygen atoms in total. The number of fused-ring (bicyclic) bond motifs is 3. The maximum Gasteiger partial charge on any atom is 0.239 e. The lowest BCUT2D eigenvalue weighted by Gasteiger charge is -2.27. The van der Waals surface area contributed by atoms with Gasteiger partial charge in [0.1, 0.15) is 5.82 Å². The zero-order valence-corrected chi connectivity index (χ0v) is 16.0. The normalized spacial score (nSPS) is 28.7. The zero-order chi connectivity index (χ0) is 20.3. The molecule has 2 amide bonds. The Labute approximate surface area is 168 Å². The number of benzene rings is 2. The van der Waals surface area contributed by atoms with Gasteiger partial charge in [0.25, 0.3) is 0 Å². The number of carbonyl (C=O) groups is 3. The summed E-state index contributed by atoms with van der Waals surface area (Å²) in [6, 6.07) is 11.9. The summed E-state index contributed by atoms with van der Waals surface area (Å²) in [7, 11) is 0. The van der Waals surface area contributed by atoms with Crippen LogP contribution < -0.4 is 4.90 Å². The van der Waals surface area contributed by atoms with E-state index in [-0.39, 0.29) is 23.6 Å². The molecule has 3 saturated heterocycles. The topological polar surface area (TPSA) is 57.7 Å². The molecule has 0 saturated carbocycles. The van der Waals surface area contributed by atoms with E-state index in [0.717, 1.165) is 18.4 Å². The third-order valence-electron chi connectivity index (χ3n) is 6.54. The lowest BCUT2D eigenvalue weighted by Crippen LogP contribution is -2.46. The molecule has 3 heterocycles. The van der Waals surface area contributed by atoms with Crippen LogP contribution in [0.1, 0.15) is 28.8 Å². The van der Waals surface area contributed by atoms with Crippen LogP contribution in [0.5, 0.6) is 0 Å². The minimum Gasteiger partial charge on any atom is -0.292 e. The predicted molar refractivity (Wildman–Crippen MR) is 105 cm³/mol. The van der Waals surface area contributed by atoms with Crippen LogP contribution in [0.2, 0.25) is 0 Å². The standard InChI is InChI=1S/C23H21FN2O3/c1-13-4-10-16(11-5-13)26-22(28)18-17-3-2-12-25(17)20(19(18)23(26)29)21(27)14-6-8-15(24)9-7-14/h4-11,17-20H,2-3,12H2,1H3/t17-,18-,19+,20-/m0/s1. The van der Waals surface area contributed by atoms with Crippen molar-refractivity contribution >= 4 is 23.3 Å². The molecule has 2 aromatic rings. The lowest BCUT2D eigenvalue weighted by molar-refractivity contribution is -0.123. The third kappa shape index (κ3) is 2.66. The van der Waals surface area contributed by atoms with Gasteiger partial charge in [0.05, 0.1) is 23.6 Å². The molecule has 0 bridgehead atoms. The van der Waals surface area contributed by atoms with Crippen LogP contribution in [0.3, 0.4) is 0 Å². The Morgan fingerprint density at radius 2 is 1.62 bits per heavy atom. The molecular formula is C23H21FN2O3. The predicted octanol–water partition coefficient (Wildman–Crippen LogP) is 2.97. The van der Waals surface area contributed by atoms with E-state index in [1.165, 1.54) is 29.2 Å². The van der Waals surface area contributed by atoms with E-state index in [1.807, 2.05) is 24.0 Å². The minimum atomic E-state index is -0.688. The molecule has 2 aromatic carbocycles. The number of aryl methyl sites for hydroxylation is 1. The number of Topliss-reactive ketones (excluding diaryl/α,β-unsaturated/α-hetero) is 1. The van der Waals surface area contributed by atoms with Gasteiger partial charge in [0, 0.05) is 11.6 Å². The van der Waals surface area contributed by atoms with E-state index in [4.69, 9.17) is 0 Å². The highest BCUT2D eigenvalue weighted by Crippen LogP contribution is 2.48. The number of imide groups is 1. The monoisotopic (exact) mass is 392 g/mol. The zero-order valence-electron chi connectivity index (χ0n) is 16.0. The van der Waals surface area contributed by atoms with E-state index >= 15 is 0 Å². The van der Waals surface area contributed by atoms with Crippen molar-refractivity contribution < 1.29 is 18.8 Å². The van der Waals surface area contributed by atoms with Gasteiger partial charge in [-0.2, -0.15) is 0 Å². The maximum atomic E-state index is 13.4.